The second-order valence-corrected chi connectivity index (χ2v) is 6.67. The highest BCUT2D eigenvalue weighted by molar-refractivity contribution is 9.10. The summed E-state index contributed by atoms with van der Waals surface area (Å²) in [4.78, 5) is 0. The van der Waals surface area contributed by atoms with Gasteiger partial charge in [0.2, 0.25) is 6.79 Å². The van der Waals surface area contributed by atoms with Crippen LogP contribution in [0.1, 0.15) is 24.1 Å². The summed E-state index contributed by atoms with van der Waals surface area (Å²) in [5.41, 5.74) is 2.30. The van der Waals surface area contributed by atoms with Crippen LogP contribution in [0.3, 0.4) is 0 Å². The first-order valence-corrected chi connectivity index (χ1v) is 8.71. The van der Waals surface area contributed by atoms with Crippen molar-refractivity contribution in [2.75, 3.05) is 20.0 Å². The van der Waals surface area contributed by atoms with Crippen molar-refractivity contribution in [3.8, 4) is 23.0 Å². The summed E-state index contributed by atoms with van der Waals surface area (Å²) >= 11 is 3.53. The van der Waals surface area contributed by atoms with Gasteiger partial charge >= 0.3 is 0 Å². The molecule has 0 bridgehead atoms. The number of nitrogens with one attached hydrogen (secondary N) is 1. The van der Waals surface area contributed by atoms with Gasteiger partial charge in [-0.05, 0) is 58.2 Å². The third kappa shape index (κ3) is 3.03. The van der Waals surface area contributed by atoms with Crippen LogP contribution in [-0.2, 0) is 6.54 Å². The van der Waals surface area contributed by atoms with Crippen LogP contribution in [-0.4, -0.2) is 20.0 Å². The van der Waals surface area contributed by atoms with E-state index in [1.54, 1.807) is 0 Å². The molecular formula is C18H18BrNO4. The van der Waals surface area contributed by atoms with Crippen molar-refractivity contribution in [2.24, 2.45) is 0 Å². The molecule has 1 unspecified atom stereocenters. The van der Waals surface area contributed by atoms with Crippen LogP contribution in [0.25, 0.3) is 0 Å². The Morgan fingerprint density at radius 2 is 1.83 bits per heavy atom. The lowest BCUT2D eigenvalue weighted by Gasteiger charge is -2.21. The van der Waals surface area contributed by atoms with Crippen LogP contribution in [0, 0.1) is 0 Å². The van der Waals surface area contributed by atoms with E-state index in [1.807, 2.05) is 18.2 Å². The molecule has 0 spiro atoms. The number of rotatable bonds is 4. The van der Waals surface area contributed by atoms with Crippen LogP contribution >= 0.6 is 15.9 Å². The largest absolute Gasteiger partial charge is 0.486 e. The number of hydrogen-bond acceptors (Lipinski definition) is 5. The SMILES string of the molecule is CC(NCc1cc(Br)c2c(c1)OCO2)c1ccc2c(c1)OCCO2. The number of hydrogen-bond donors (Lipinski definition) is 1. The monoisotopic (exact) mass is 391 g/mol. The summed E-state index contributed by atoms with van der Waals surface area (Å²) in [5, 5.41) is 3.53. The Labute approximate surface area is 149 Å². The molecule has 0 radical (unpaired) electrons. The summed E-state index contributed by atoms with van der Waals surface area (Å²) in [7, 11) is 0. The Kier molecular flexibility index (Phi) is 4.24. The van der Waals surface area contributed by atoms with E-state index < -0.39 is 0 Å². The van der Waals surface area contributed by atoms with E-state index in [0.29, 0.717) is 13.2 Å². The topological polar surface area (TPSA) is 49.0 Å². The summed E-state index contributed by atoms with van der Waals surface area (Å²) in [6.07, 6.45) is 0. The molecule has 0 saturated heterocycles. The van der Waals surface area contributed by atoms with Gasteiger partial charge in [-0.2, -0.15) is 0 Å². The molecule has 0 aliphatic carbocycles. The first kappa shape index (κ1) is 15.6. The third-order valence-corrected chi connectivity index (χ3v) is 4.75. The molecule has 0 fully saturated rings. The van der Waals surface area contributed by atoms with Crippen LogP contribution in [0.5, 0.6) is 23.0 Å². The Bertz CT molecular complexity index is 765. The number of benzene rings is 2. The Balaban J connectivity index is 1.45. The number of ether oxygens (including phenoxy) is 4. The minimum absolute atomic E-state index is 0.185. The lowest BCUT2D eigenvalue weighted by Crippen LogP contribution is -2.19. The van der Waals surface area contributed by atoms with Gasteiger partial charge in [-0.3, -0.25) is 0 Å². The standard InChI is InChI=1S/C18H18BrNO4/c1-11(13-2-3-15-16(8-13)22-5-4-21-15)20-9-12-6-14(19)18-17(7-12)23-10-24-18/h2-3,6-8,11,20H,4-5,9-10H2,1H3. The molecule has 6 heteroatoms. The average molecular weight is 392 g/mol. The van der Waals surface area contributed by atoms with Crippen molar-refractivity contribution in [1.29, 1.82) is 0 Å². The van der Waals surface area contributed by atoms with Gasteiger partial charge in [-0.1, -0.05) is 6.07 Å². The van der Waals surface area contributed by atoms with Gasteiger partial charge in [0.05, 0.1) is 4.47 Å². The minimum atomic E-state index is 0.185. The van der Waals surface area contributed by atoms with Gasteiger partial charge in [-0.25, -0.2) is 0 Å². The van der Waals surface area contributed by atoms with Crippen molar-refractivity contribution in [3.63, 3.8) is 0 Å². The van der Waals surface area contributed by atoms with E-state index in [1.165, 1.54) is 5.56 Å². The van der Waals surface area contributed by atoms with Crippen molar-refractivity contribution in [3.05, 3.63) is 45.9 Å². The maximum atomic E-state index is 5.65. The molecule has 2 heterocycles. The van der Waals surface area contributed by atoms with E-state index in [-0.39, 0.29) is 12.8 Å². The maximum absolute atomic E-state index is 5.65. The van der Waals surface area contributed by atoms with E-state index in [2.05, 4.69) is 40.3 Å². The molecule has 2 aliphatic heterocycles. The molecule has 0 saturated carbocycles. The van der Waals surface area contributed by atoms with Gasteiger partial charge in [0.15, 0.2) is 23.0 Å². The summed E-state index contributed by atoms with van der Waals surface area (Å²) in [6.45, 7) is 4.35. The van der Waals surface area contributed by atoms with E-state index in [4.69, 9.17) is 18.9 Å². The molecule has 126 valence electrons. The number of halogens is 1. The predicted molar refractivity (Wildman–Crippen MR) is 93.0 cm³/mol. The fourth-order valence-corrected chi connectivity index (χ4v) is 3.44. The quantitative estimate of drug-likeness (QED) is 0.858. The van der Waals surface area contributed by atoms with Gasteiger partial charge in [0.25, 0.3) is 0 Å². The first-order chi connectivity index (χ1) is 11.7. The average Bonchev–Trinajstić information content (AvgIpc) is 3.08. The first-order valence-electron chi connectivity index (χ1n) is 7.91. The van der Waals surface area contributed by atoms with Crippen molar-refractivity contribution < 1.29 is 18.9 Å². The highest BCUT2D eigenvalue weighted by Gasteiger charge is 2.18. The fraction of sp³-hybridized carbons (Fsp3) is 0.333. The van der Waals surface area contributed by atoms with Crippen molar-refractivity contribution in [2.45, 2.75) is 19.5 Å². The van der Waals surface area contributed by atoms with Crippen molar-refractivity contribution in [1.82, 2.24) is 5.32 Å². The second kappa shape index (κ2) is 6.53. The molecule has 5 nitrogen and oxygen atoms in total. The lowest BCUT2D eigenvalue weighted by atomic mass is 10.1. The van der Waals surface area contributed by atoms with E-state index >= 15 is 0 Å². The molecule has 0 amide bonds. The van der Waals surface area contributed by atoms with Crippen LogP contribution < -0.4 is 24.3 Å². The Morgan fingerprint density at radius 1 is 1.00 bits per heavy atom. The maximum Gasteiger partial charge on any atom is 0.231 e. The summed E-state index contributed by atoms with van der Waals surface area (Å²) in [5.74, 6) is 3.20. The summed E-state index contributed by atoms with van der Waals surface area (Å²) in [6, 6.07) is 10.3. The normalized spacial score (nSPS) is 16.1. The van der Waals surface area contributed by atoms with Gasteiger partial charge in [0, 0.05) is 12.6 Å². The fourth-order valence-electron chi connectivity index (χ4n) is 2.84. The van der Waals surface area contributed by atoms with E-state index in [0.717, 1.165) is 39.6 Å². The van der Waals surface area contributed by atoms with Gasteiger partial charge in [0.1, 0.15) is 13.2 Å². The lowest BCUT2D eigenvalue weighted by molar-refractivity contribution is 0.171. The predicted octanol–water partition coefficient (Wildman–Crippen LogP) is 3.80. The second-order valence-electron chi connectivity index (χ2n) is 5.82. The molecule has 24 heavy (non-hydrogen) atoms. The zero-order valence-corrected chi connectivity index (χ0v) is 14.9. The van der Waals surface area contributed by atoms with Gasteiger partial charge in [-0.15, -0.1) is 0 Å². The van der Waals surface area contributed by atoms with Crippen LogP contribution in [0.15, 0.2) is 34.8 Å². The minimum Gasteiger partial charge on any atom is -0.486 e. The molecule has 2 aliphatic rings. The highest BCUT2D eigenvalue weighted by Crippen LogP contribution is 2.40. The molecule has 1 atom stereocenters. The summed E-state index contributed by atoms with van der Waals surface area (Å²) < 4.78 is 23.0. The van der Waals surface area contributed by atoms with Crippen molar-refractivity contribution >= 4 is 15.9 Å². The Hall–Kier alpha value is -1.92. The van der Waals surface area contributed by atoms with Crippen LogP contribution in [0.4, 0.5) is 0 Å². The number of fused-ring (bicyclic) bond motifs is 2. The van der Waals surface area contributed by atoms with E-state index in [9.17, 15) is 0 Å². The molecular weight excluding hydrogens is 374 g/mol. The smallest absolute Gasteiger partial charge is 0.231 e. The molecule has 2 aromatic rings. The Morgan fingerprint density at radius 3 is 2.71 bits per heavy atom. The van der Waals surface area contributed by atoms with Crippen LogP contribution in [0.2, 0.25) is 0 Å². The van der Waals surface area contributed by atoms with Gasteiger partial charge < -0.3 is 24.3 Å². The third-order valence-electron chi connectivity index (χ3n) is 4.17. The molecule has 0 aromatic heterocycles. The zero-order valence-electron chi connectivity index (χ0n) is 13.3. The highest BCUT2D eigenvalue weighted by atomic mass is 79.9. The molecule has 2 aromatic carbocycles. The molecule has 1 N–H and O–H groups in total. The zero-order chi connectivity index (χ0) is 16.5. The molecule has 4 rings (SSSR count).